The third-order valence-corrected chi connectivity index (χ3v) is 2.68. The van der Waals surface area contributed by atoms with Gasteiger partial charge in [0.1, 0.15) is 6.23 Å². The SMILES string of the molecule is CCCN1CC2CCCC1O2. The van der Waals surface area contributed by atoms with E-state index in [2.05, 4.69) is 11.8 Å². The van der Waals surface area contributed by atoms with Crippen molar-refractivity contribution in [3.8, 4) is 0 Å². The van der Waals surface area contributed by atoms with E-state index in [1.54, 1.807) is 0 Å². The van der Waals surface area contributed by atoms with Crippen LogP contribution in [0.1, 0.15) is 32.6 Å². The van der Waals surface area contributed by atoms with Crippen LogP contribution in [0.25, 0.3) is 0 Å². The summed E-state index contributed by atoms with van der Waals surface area (Å²) in [4.78, 5) is 2.50. The molecule has 0 spiro atoms. The van der Waals surface area contributed by atoms with Gasteiger partial charge in [0.15, 0.2) is 0 Å². The molecule has 2 fully saturated rings. The molecule has 2 saturated heterocycles. The first kappa shape index (κ1) is 7.56. The van der Waals surface area contributed by atoms with Gasteiger partial charge in [-0.05, 0) is 25.7 Å². The van der Waals surface area contributed by atoms with Crippen molar-refractivity contribution >= 4 is 0 Å². The topological polar surface area (TPSA) is 12.5 Å². The molecule has 2 unspecified atom stereocenters. The minimum atomic E-state index is 0.480. The predicted molar refractivity (Wildman–Crippen MR) is 44.4 cm³/mol. The van der Waals surface area contributed by atoms with Gasteiger partial charge < -0.3 is 4.74 Å². The Kier molecular flexibility index (Phi) is 2.14. The normalized spacial score (nSPS) is 37.9. The fourth-order valence-corrected chi connectivity index (χ4v) is 2.18. The highest BCUT2D eigenvalue weighted by Gasteiger charge is 2.34. The van der Waals surface area contributed by atoms with Gasteiger partial charge in [0.05, 0.1) is 6.10 Å². The number of hydrogen-bond acceptors (Lipinski definition) is 2. The first-order valence-electron chi connectivity index (χ1n) is 4.79. The number of fused-ring (bicyclic) bond motifs is 2. The number of likely N-dealkylation sites (tertiary alicyclic amines) is 1. The molecule has 0 aromatic carbocycles. The number of hydrogen-bond donors (Lipinski definition) is 0. The van der Waals surface area contributed by atoms with Gasteiger partial charge in [-0.15, -0.1) is 0 Å². The number of nitrogens with zero attached hydrogens (tertiary/aromatic N) is 1. The van der Waals surface area contributed by atoms with Gasteiger partial charge in [0.25, 0.3) is 0 Å². The number of ether oxygens (including phenoxy) is 1. The zero-order chi connectivity index (χ0) is 7.68. The Labute approximate surface area is 68.5 Å². The van der Waals surface area contributed by atoms with E-state index in [9.17, 15) is 0 Å². The zero-order valence-electron chi connectivity index (χ0n) is 7.25. The largest absolute Gasteiger partial charge is 0.359 e. The van der Waals surface area contributed by atoms with Gasteiger partial charge in [-0.3, -0.25) is 4.90 Å². The van der Waals surface area contributed by atoms with E-state index in [0.29, 0.717) is 12.3 Å². The summed E-state index contributed by atoms with van der Waals surface area (Å²) in [7, 11) is 0. The van der Waals surface area contributed by atoms with Crippen molar-refractivity contribution in [2.75, 3.05) is 13.1 Å². The van der Waals surface area contributed by atoms with Crippen LogP contribution in [0.4, 0.5) is 0 Å². The molecule has 0 aliphatic carbocycles. The average Bonchev–Trinajstić information content (AvgIpc) is 2.29. The van der Waals surface area contributed by atoms with Gasteiger partial charge in [-0.1, -0.05) is 6.92 Å². The summed E-state index contributed by atoms with van der Waals surface area (Å²) in [5.41, 5.74) is 0. The van der Waals surface area contributed by atoms with Gasteiger partial charge in [0, 0.05) is 13.1 Å². The minimum Gasteiger partial charge on any atom is -0.359 e. The lowest BCUT2D eigenvalue weighted by Crippen LogP contribution is -2.30. The van der Waals surface area contributed by atoms with Crippen molar-refractivity contribution < 1.29 is 4.74 Å². The molecule has 0 aromatic heterocycles. The lowest BCUT2D eigenvalue weighted by atomic mass is 10.1. The maximum atomic E-state index is 5.79. The first-order valence-corrected chi connectivity index (χ1v) is 4.79. The van der Waals surface area contributed by atoms with E-state index in [-0.39, 0.29) is 0 Å². The molecule has 0 radical (unpaired) electrons. The first-order chi connectivity index (χ1) is 5.40. The molecule has 0 amide bonds. The predicted octanol–water partition coefficient (Wildman–Crippen LogP) is 1.61. The molecule has 2 bridgehead atoms. The molecule has 0 saturated carbocycles. The van der Waals surface area contributed by atoms with E-state index < -0.39 is 0 Å². The van der Waals surface area contributed by atoms with Crippen LogP contribution in [0.3, 0.4) is 0 Å². The standard InChI is InChI=1S/C9H17NO/c1-2-6-10-7-8-4-3-5-9(10)11-8/h8-9H,2-7H2,1H3. The van der Waals surface area contributed by atoms with Gasteiger partial charge in [-0.2, -0.15) is 0 Å². The molecule has 0 N–H and O–H groups in total. The van der Waals surface area contributed by atoms with Crippen LogP contribution >= 0.6 is 0 Å². The fraction of sp³-hybridized carbons (Fsp3) is 1.00. The highest BCUT2D eigenvalue weighted by atomic mass is 16.5. The zero-order valence-corrected chi connectivity index (χ0v) is 7.25. The summed E-state index contributed by atoms with van der Waals surface area (Å²) in [5, 5.41) is 0. The average molecular weight is 155 g/mol. The Bertz CT molecular complexity index is 138. The second kappa shape index (κ2) is 3.11. The van der Waals surface area contributed by atoms with Crippen LogP contribution < -0.4 is 0 Å². The molecule has 2 aliphatic heterocycles. The van der Waals surface area contributed by atoms with Crippen LogP contribution in [0.2, 0.25) is 0 Å². The monoisotopic (exact) mass is 155 g/mol. The van der Waals surface area contributed by atoms with Crippen molar-refractivity contribution in [3.63, 3.8) is 0 Å². The lowest BCUT2D eigenvalue weighted by Gasteiger charge is -2.23. The van der Waals surface area contributed by atoms with Crippen molar-refractivity contribution in [3.05, 3.63) is 0 Å². The van der Waals surface area contributed by atoms with E-state index in [1.165, 1.54) is 38.8 Å². The van der Waals surface area contributed by atoms with Crippen LogP contribution in [-0.4, -0.2) is 30.3 Å². The molecule has 2 heterocycles. The quantitative estimate of drug-likeness (QED) is 0.600. The van der Waals surface area contributed by atoms with Gasteiger partial charge >= 0.3 is 0 Å². The highest BCUT2D eigenvalue weighted by Crippen LogP contribution is 2.28. The van der Waals surface area contributed by atoms with E-state index in [0.717, 1.165) is 0 Å². The van der Waals surface area contributed by atoms with Gasteiger partial charge in [0.2, 0.25) is 0 Å². The summed E-state index contributed by atoms with van der Waals surface area (Å²) < 4.78 is 5.79. The molecule has 2 atom stereocenters. The summed E-state index contributed by atoms with van der Waals surface area (Å²) in [5.74, 6) is 0. The summed E-state index contributed by atoms with van der Waals surface area (Å²) >= 11 is 0. The fourth-order valence-electron chi connectivity index (χ4n) is 2.18. The van der Waals surface area contributed by atoms with Crippen LogP contribution in [0.5, 0.6) is 0 Å². The van der Waals surface area contributed by atoms with Crippen molar-refractivity contribution in [1.82, 2.24) is 4.90 Å². The minimum absolute atomic E-state index is 0.480. The summed E-state index contributed by atoms with van der Waals surface area (Å²) in [6.45, 7) is 4.65. The Morgan fingerprint density at radius 1 is 1.45 bits per heavy atom. The Morgan fingerprint density at radius 2 is 2.36 bits per heavy atom. The van der Waals surface area contributed by atoms with Crippen LogP contribution in [0.15, 0.2) is 0 Å². The van der Waals surface area contributed by atoms with E-state index in [4.69, 9.17) is 4.74 Å². The molecular weight excluding hydrogens is 138 g/mol. The van der Waals surface area contributed by atoms with Crippen molar-refractivity contribution in [1.29, 1.82) is 0 Å². The smallest absolute Gasteiger partial charge is 0.111 e. The Morgan fingerprint density at radius 3 is 3.09 bits per heavy atom. The molecule has 2 aliphatic rings. The maximum absolute atomic E-state index is 5.79. The van der Waals surface area contributed by atoms with Crippen LogP contribution in [0, 0.1) is 0 Å². The second-order valence-electron chi connectivity index (χ2n) is 3.64. The van der Waals surface area contributed by atoms with Gasteiger partial charge in [-0.25, -0.2) is 0 Å². The molecule has 64 valence electrons. The van der Waals surface area contributed by atoms with Crippen molar-refractivity contribution in [2.45, 2.75) is 44.9 Å². The maximum Gasteiger partial charge on any atom is 0.111 e. The Hall–Kier alpha value is -0.0800. The van der Waals surface area contributed by atoms with E-state index >= 15 is 0 Å². The lowest BCUT2D eigenvalue weighted by molar-refractivity contribution is -0.0331. The Balaban J connectivity index is 1.92. The molecule has 2 nitrogen and oxygen atoms in total. The molecule has 2 heteroatoms. The van der Waals surface area contributed by atoms with E-state index in [1.807, 2.05) is 0 Å². The van der Waals surface area contributed by atoms with Crippen LogP contribution in [-0.2, 0) is 4.74 Å². The molecule has 0 aromatic rings. The van der Waals surface area contributed by atoms with Crippen molar-refractivity contribution in [2.24, 2.45) is 0 Å². The molecular formula is C9H17NO. The highest BCUT2D eigenvalue weighted by molar-refractivity contribution is 4.82. The third kappa shape index (κ3) is 1.42. The second-order valence-corrected chi connectivity index (χ2v) is 3.64. The summed E-state index contributed by atoms with van der Waals surface area (Å²) in [6.07, 6.45) is 6.23. The number of rotatable bonds is 2. The third-order valence-electron chi connectivity index (χ3n) is 2.68. The molecule has 11 heavy (non-hydrogen) atoms. The molecule has 2 rings (SSSR count). The summed E-state index contributed by atoms with van der Waals surface area (Å²) in [6, 6.07) is 0.